The molecule has 4 nitrogen and oxygen atoms in total. The van der Waals surface area contributed by atoms with E-state index in [4.69, 9.17) is 10.5 Å². The topological polar surface area (TPSA) is 69.4 Å². The molecule has 0 spiro atoms. The number of hydrogen-bond acceptors (Lipinski definition) is 4. The molecule has 0 aliphatic heterocycles. The molecule has 0 heterocycles. The van der Waals surface area contributed by atoms with Crippen LogP contribution in [-0.2, 0) is 15.6 Å². The zero-order valence-corrected chi connectivity index (χ0v) is 13.2. The fourth-order valence-electron chi connectivity index (χ4n) is 1.93. The van der Waals surface area contributed by atoms with Gasteiger partial charge in [-0.3, -0.25) is 0 Å². The molecule has 0 aliphatic carbocycles. The van der Waals surface area contributed by atoms with E-state index >= 15 is 0 Å². The Morgan fingerprint density at radius 3 is 2.55 bits per heavy atom. The summed E-state index contributed by atoms with van der Waals surface area (Å²) in [5.41, 5.74) is 6.87. The molecular weight excluding hydrogens is 342 g/mol. The van der Waals surface area contributed by atoms with E-state index in [1.54, 1.807) is 36.4 Å². The van der Waals surface area contributed by atoms with Gasteiger partial charge in [0.2, 0.25) is 0 Å². The van der Waals surface area contributed by atoms with Gasteiger partial charge < -0.3 is 10.5 Å². The summed E-state index contributed by atoms with van der Waals surface area (Å²) < 4.78 is 30.8. The number of sulfone groups is 1. The summed E-state index contributed by atoms with van der Waals surface area (Å²) >= 11 is 3.31. The van der Waals surface area contributed by atoms with Crippen LogP contribution >= 0.6 is 15.9 Å². The first-order valence-corrected chi connectivity index (χ1v) is 8.27. The van der Waals surface area contributed by atoms with Crippen LogP contribution in [0.1, 0.15) is 5.56 Å². The summed E-state index contributed by atoms with van der Waals surface area (Å²) in [6.45, 7) is 0. The van der Waals surface area contributed by atoms with Crippen LogP contribution in [0.2, 0.25) is 0 Å². The fourth-order valence-corrected chi connectivity index (χ4v) is 3.99. The molecule has 106 valence electrons. The van der Waals surface area contributed by atoms with Crippen molar-refractivity contribution in [1.29, 1.82) is 0 Å². The lowest BCUT2D eigenvalue weighted by atomic mass is 10.2. The molecule has 0 unspecified atom stereocenters. The van der Waals surface area contributed by atoms with E-state index in [0.717, 1.165) is 4.47 Å². The number of rotatable bonds is 4. The maximum Gasteiger partial charge on any atom is 0.186 e. The SMILES string of the molecule is COc1ccccc1S(=O)(=O)Cc1cc(N)cc(Br)c1. The molecular formula is C14H14BrNO3S. The average Bonchev–Trinajstić information content (AvgIpc) is 2.36. The number of ether oxygens (including phenoxy) is 1. The van der Waals surface area contributed by atoms with Crippen LogP contribution in [0.5, 0.6) is 5.75 Å². The third kappa shape index (κ3) is 3.32. The molecule has 0 radical (unpaired) electrons. The molecule has 0 saturated carbocycles. The van der Waals surface area contributed by atoms with Crippen molar-refractivity contribution in [2.45, 2.75) is 10.6 Å². The predicted molar refractivity (Wildman–Crippen MR) is 82.4 cm³/mol. The lowest BCUT2D eigenvalue weighted by Crippen LogP contribution is -2.07. The number of para-hydroxylation sites is 1. The zero-order valence-electron chi connectivity index (χ0n) is 10.8. The van der Waals surface area contributed by atoms with Gasteiger partial charge in [0.1, 0.15) is 10.6 Å². The highest BCUT2D eigenvalue weighted by Gasteiger charge is 2.20. The second kappa shape index (κ2) is 5.85. The van der Waals surface area contributed by atoms with Gasteiger partial charge in [0, 0.05) is 10.2 Å². The molecule has 2 N–H and O–H groups in total. The molecule has 0 aliphatic rings. The molecule has 0 bridgehead atoms. The van der Waals surface area contributed by atoms with Crippen LogP contribution in [0, 0.1) is 0 Å². The van der Waals surface area contributed by atoms with Gasteiger partial charge in [-0.05, 0) is 35.9 Å². The molecule has 6 heteroatoms. The summed E-state index contributed by atoms with van der Waals surface area (Å²) in [5, 5.41) is 0. The molecule has 2 aromatic rings. The second-order valence-corrected chi connectivity index (χ2v) is 7.18. The van der Waals surface area contributed by atoms with Crippen molar-refractivity contribution < 1.29 is 13.2 Å². The van der Waals surface area contributed by atoms with Crippen LogP contribution < -0.4 is 10.5 Å². The predicted octanol–water partition coefficient (Wildman–Crippen LogP) is 3.01. The highest BCUT2D eigenvalue weighted by atomic mass is 79.9. The number of nitrogen functional groups attached to an aromatic ring is 1. The molecule has 0 saturated heterocycles. The summed E-state index contributed by atoms with van der Waals surface area (Å²) in [5.74, 6) is 0.215. The van der Waals surface area contributed by atoms with Gasteiger partial charge in [0.05, 0.1) is 12.9 Å². The van der Waals surface area contributed by atoms with Crippen LogP contribution in [0.25, 0.3) is 0 Å². The van der Waals surface area contributed by atoms with Crippen molar-refractivity contribution in [3.63, 3.8) is 0 Å². The van der Waals surface area contributed by atoms with E-state index in [-0.39, 0.29) is 10.6 Å². The quantitative estimate of drug-likeness (QED) is 0.855. The number of methoxy groups -OCH3 is 1. The van der Waals surface area contributed by atoms with E-state index in [2.05, 4.69) is 15.9 Å². The molecule has 0 aromatic heterocycles. The molecule has 2 rings (SSSR count). The van der Waals surface area contributed by atoms with E-state index in [9.17, 15) is 8.42 Å². The minimum absolute atomic E-state index is 0.128. The van der Waals surface area contributed by atoms with Crippen molar-refractivity contribution in [3.05, 3.63) is 52.5 Å². The largest absolute Gasteiger partial charge is 0.495 e. The Balaban J connectivity index is 2.41. The Morgan fingerprint density at radius 1 is 1.20 bits per heavy atom. The van der Waals surface area contributed by atoms with Gasteiger partial charge in [0.25, 0.3) is 0 Å². The summed E-state index contributed by atoms with van der Waals surface area (Å²) in [7, 11) is -2.04. The number of nitrogens with two attached hydrogens (primary N) is 1. The Labute approximate surface area is 126 Å². The van der Waals surface area contributed by atoms with Crippen molar-refractivity contribution >= 4 is 31.5 Å². The first kappa shape index (κ1) is 14.9. The van der Waals surface area contributed by atoms with Gasteiger partial charge in [-0.15, -0.1) is 0 Å². The van der Waals surface area contributed by atoms with Crippen LogP contribution in [0.4, 0.5) is 5.69 Å². The monoisotopic (exact) mass is 355 g/mol. The van der Waals surface area contributed by atoms with Crippen molar-refractivity contribution in [2.24, 2.45) is 0 Å². The minimum atomic E-state index is -3.49. The molecule has 2 aromatic carbocycles. The van der Waals surface area contributed by atoms with E-state index in [1.165, 1.54) is 13.2 Å². The summed E-state index contributed by atoms with van der Waals surface area (Å²) in [6, 6.07) is 11.7. The average molecular weight is 356 g/mol. The molecule has 0 amide bonds. The van der Waals surface area contributed by atoms with Crippen molar-refractivity contribution in [2.75, 3.05) is 12.8 Å². The van der Waals surface area contributed by atoms with Gasteiger partial charge in [-0.1, -0.05) is 28.1 Å². The fraction of sp³-hybridized carbons (Fsp3) is 0.143. The Kier molecular flexibility index (Phi) is 4.35. The second-order valence-electron chi connectivity index (χ2n) is 4.30. The number of benzene rings is 2. The lowest BCUT2D eigenvalue weighted by Gasteiger charge is -2.10. The zero-order chi connectivity index (χ0) is 14.8. The highest BCUT2D eigenvalue weighted by Crippen LogP contribution is 2.27. The first-order valence-electron chi connectivity index (χ1n) is 5.83. The normalized spacial score (nSPS) is 11.3. The van der Waals surface area contributed by atoms with Gasteiger partial charge in [0.15, 0.2) is 9.84 Å². The number of hydrogen-bond donors (Lipinski definition) is 1. The smallest absolute Gasteiger partial charge is 0.186 e. The first-order chi connectivity index (χ1) is 9.42. The van der Waals surface area contributed by atoms with Gasteiger partial charge in [-0.25, -0.2) is 8.42 Å². The van der Waals surface area contributed by atoms with E-state index in [1.807, 2.05) is 0 Å². The maximum atomic E-state index is 12.5. The molecule has 0 fully saturated rings. The Hall–Kier alpha value is -1.53. The number of anilines is 1. The van der Waals surface area contributed by atoms with E-state index < -0.39 is 9.84 Å². The number of halogens is 1. The maximum absolute atomic E-state index is 12.5. The summed E-state index contributed by atoms with van der Waals surface area (Å²) in [6.07, 6.45) is 0. The van der Waals surface area contributed by atoms with E-state index in [0.29, 0.717) is 17.0 Å². The standard InChI is InChI=1S/C14H14BrNO3S/c1-19-13-4-2-3-5-14(13)20(17,18)9-10-6-11(15)8-12(16)7-10/h2-8H,9,16H2,1H3. The lowest BCUT2D eigenvalue weighted by molar-refractivity contribution is 0.402. The molecule has 20 heavy (non-hydrogen) atoms. The third-order valence-corrected chi connectivity index (χ3v) is 4.92. The van der Waals surface area contributed by atoms with Crippen LogP contribution in [0.15, 0.2) is 51.8 Å². The third-order valence-electron chi connectivity index (χ3n) is 2.74. The van der Waals surface area contributed by atoms with Crippen molar-refractivity contribution in [3.8, 4) is 5.75 Å². The highest BCUT2D eigenvalue weighted by molar-refractivity contribution is 9.10. The minimum Gasteiger partial charge on any atom is -0.495 e. The van der Waals surface area contributed by atoms with Crippen LogP contribution in [0.3, 0.4) is 0 Å². The Bertz CT molecular complexity index is 709. The van der Waals surface area contributed by atoms with Crippen LogP contribution in [-0.4, -0.2) is 15.5 Å². The molecule has 0 atom stereocenters. The van der Waals surface area contributed by atoms with Gasteiger partial charge >= 0.3 is 0 Å². The summed E-state index contributed by atoms with van der Waals surface area (Å²) in [4.78, 5) is 0.182. The van der Waals surface area contributed by atoms with Gasteiger partial charge in [-0.2, -0.15) is 0 Å². The van der Waals surface area contributed by atoms with Crippen molar-refractivity contribution in [1.82, 2.24) is 0 Å². The Morgan fingerprint density at radius 2 is 1.90 bits per heavy atom.